The van der Waals surface area contributed by atoms with Gasteiger partial charge in [-0.25, -0.2) is 4.98 Å². The number of aromatic amines is 1. The first kappa shape index (κ1) is 15.7. The molecule has 5 rings (SSSR count). The van der Waals surface area contributed by atoms with Crippen molar-refractivity contribution in [2.75, 3.05) is 0 Å². The fraction of sp³-hybridized carbons (Fsp3) is 0.143. The van der Waals surface area contributed by atoms with Crippen molar-refractivity contribution >= 4 is 16.7 Å². The van der Waals surface area contributed by atoms with E-state index in [0.29, 0.717) is 5.78 Å². The number of pyridine rings is 1. The number of hydrogen-bond acceptors (Lipinski definition) is 4. The molecule has 0 amide bonds. The average Bonchev–Trinajstić information content (AvgIpc) is 3.32. The Morgan fingerprint density at radius 1 is 0.926 bits per heavy atom. The summed E-state index contributed by atoms with van der Waals surface area (Å²) in [5, 5.41) is 5.98. The average molecular weight is 354 g/mol. The van der Waals surface area contributed by atoms with Gasteiger partial charge in [0, 0.05) is 47.7 Å². The lowest BCUT2D eigenvalue weighted by Gasteiger charge is -2.02. The number of nitrogens with one attached hydrogen (secondary N) is 1. The van der Waals surface area contributed by atoms with E-state index in [9.17, 15) is 0 Å². The van der Waals surface area contributed by atoms with Crippen LogP contribution >= 0.6 is 0 Å². The number of para-hydroxylation sites is 1. The minimum absolute atomic E-state index is 0.631. The first-order valence-corrected chi connectivity index (χ1v) is 9.04. The largest absolute Gasteiger partial charge is 0.361 e. The molecule has 0 spiro atoms. The number of benzene rings is 1. The molecule has 6 nitrogen and oxygen atoms in total. The molecule has 1 N–H and O–H groups in total. The Morgan fingerprint density at radius 2 is 1.81 bits per heavy atom. The molecule has 0 aliphatic carbocycles. The molecule has 5 aromatic rings. The third-order valence-electron chi connectivity index (χ3n) is 4.78. The summed E-state index contributed by atoms with van der Waals surface area (Å²) in [6.07, 6.45) is 10.2. The normalized spacial score (nSPS) is 11.4. The molecule has 1 aromatic carbocycles. The molecule has 6 heteroatoms. The van der Waals surface area contributed by atoms with Gasteiger partial charge in [-0.1, -0.05) is 18.2 Å². The second-order valence-corrected chi connectivity index (χ2v) is 6.52. The smallest absolute Gasteiger partial charge is 0.252 e. The Morgan fingerprint density at radius 3 is 2.74 bits per heavy atom. The van der Waals surface area contributed by atoms with E-state index in [0.717, 1.165) is 36.3 Å². The summed E-state index contributed by atoms with van der Waals surface area (Å²) in [6.45, 7) is 0. The van der Waals surface area contributed by atoms with Crippen LogP contribution in [0.2, 0.25) is 0 Å². The summed E-state index contributed by atoms with van der Waals surface area (Å²) in [7, 11) is 0. The Bertz CT molecular complexity index is 1210. The van der Waals surface area contributed by atoms with Gasteiger partial charge >= 0.3 is 0 Å². The molecule has 4 aromatic heterocycles. The SMILES string of the molecule is c1ccc2c(CCCc3nc4nccc(-c5ccncc5)n4n3)c[nH]c2c1. The Labute approximate surface area is 155 Å². The van der Waals surface area contributed by atoms with Crippen LogP contribution in [-0.4, -0.2) is 29.5 Å². The van der Waals surface area contributed by atoms with E-state index in [1.807, 2.05) is 22.7 Å². The van der Waals surface area contributed by atoms with E-state index in [1.54, 1.807) is 18.6 Å². The zero-order valence-electron chi connectivity index (χ0n) is 14.7. The third-order valence-corrected chi connectivity index (χ3v) is 4.78. The van der Waals surface area contributed by atoms with Gasteiger partial charge < -0.3 is 4.98 Å². The van der Waals surface area contributed by atoms with Crippen molar-refractivity contribution in [3.63, 3.8) is 0 Å². The third kappa shape index (κ3) is 2.95. The van der Waals surface area contributed by atoms with Crippen LogP contribution in [-0.2, 0) is 12.8 Å². The summed E-state index contributed by atoms with van der Waals surface area (Å²) in [4.78, 5) is 16.4. The molecule has 4 heterocycles. The first-order valence-electron chi connectivity index (χ1n) is 9.04. The summed E-state index contributed by atoms with van der Waals surface area (Å²) in [5.41, 5.74) is 4.54. The van der Waals surface area contributed by atoms with Crippen molar-refractivity contribution in [3.05, 3.63) is 78.6 Å². The second kappa shape index (κ2) is 6.64. The Kier molecular flexibility index (Phi) is 3.86. The Balaban J connectivity index is 1.37. The van der Waals surface area contributed by atoms with Crippen LogP contribution < -0.4 is 0 Å². The van der Waals surface area contributed by atoms with E-state index in [4.69, 9.17) is 0 Å². The monoisotopic (exact) mass is 354 g/mol. The lowest BCUT2D eigenvalue weighted by Crippen LogP contribution is -1.97. The molecule has 0 radical (unpaired) electrons. The van der Waals surface area contributed by atoms with Gasteiger partial charge in [0.05, 0.1) is 5.69 Å². The minimum atomic E-state index is 0.631. The quantitative estimate of drug-likeness (QED) is 0.520. The van der Waals surface area contributed by atoms with Crippen molar-refractivity contribution in [3.8, 4) is 11.3 Å². The molecule has 0 aliphatic rings. The van der Waals surface area contributed by atoms with Crippen LogP contribution in [0.3, 0.4) is 0 Å². The minimum Gasteiger partial charge on any atom is -0.361 e. The highest BCUT2D eigenvalue weighted by molar-refractivity contribution is 5.83. The van der Waals surface area contributed by atoms with Crippen molar-refractivity contribution < 1.29 is 0 Å². The lowest BCUT2D eigenvalue weighted by molar-refractivity contribution is 0.768. The van der Waals surface area contributed by atoms with E-state index >= 15 is 0 Å². The first-order chi connectivity index (χ1) is 13.4. The molecule has 0 aliphatic heterocycles. The molecule has 0 saturated heterocycles. The van der Waals surface area contributed by atoms with Crippen molar-refractivity contribution in [1.29, 1.82) is 0 Å². The fourth-order valence-corrected chi connectivity index (χ4v) is 3.46. The van der Waals surface area contributed by atoms with Gasteiger partial charge in [-0.05, 0) is 42.7 Å². The van der Waals surface area contributed by atoms with Gasteiger partial charge in [0.25, 0.3) is 5.78 Å². The maximum absolute atomic E-state index is 4.69. The summed E-state index contributed by atoms with van der Waals surface area (Å²) < 4.78 is 1.82. The number of nitrogens with zero attached hydrogens (tertiary/aromatic N) is 5. The summed E-state index contributed by atoms with van der Waals surface area (Å²) >= 11 is 0. The van der Waals surface area contributed by atoms with Crippen LogP contribution in [0.4, 0.5) is 0 Å². The molecule has 27 heavy (non-hydrogen) atoms. The van der Waals surface area contributed by atoms with Gasteiger partial charge in [-0.15, -0.1) is 5.10 Å². The topological polar surface area (TPSA) is 71.8 Å². The number of rotatable bonds is 5. The molecule has 0 saturated carbocycles. The van der Waals surface area contributed by atoms with Crippen molar-refractivity contribution in [2.24, 2.45) is 0 Å². The lowest BCUT2D eigenvalue weighted by atomic mass is 10.1. The molecular formula is C21H18N6. The number of H-pyrrole nitrogens is 1. The number of aromatic nitrogens is 6. The van der Waals surface area contributed by atoms with Gasteiger partial charge in [0.2, 0.25) is 0 Å². The standard InChI is InChI=1S/C21H18N6/c1-2-6-18-17(5-1)16(14-24-18)4-3-7-20-25-21-23-13-10-19(27(21)26-20)15-8-11-22-12-9-15/h1-2,5-6,8-14,24H,3-4,7H2. The van der Waals surface area contributed by atoms with Gasteiger partial charge in [-0.2, -0.15) is 9.50 Å². The second-order valence-electron chi connectivity index (χ2n) is 6.52. The summed E-state index contributed by atoms with van der Waals surface area (Å²) in [6, 6.07) is 14.3. The van der Waals surface area contributed by atoms with Crippen LogP contribution in [0.15, 0.2) is 67.3 Å². The highest BCUT2D eigenvalue weighted by Crippen LogP contribution is 2.20. The molecule has 0 atom stereocenters. The van der Waals surface area contributed by atoms with Crippen LogP contribution in [0.25, 0.3) is 27.9 Å². The number of fused-ring (bicyclic) bond motifs is 2. The van der Waals surface area contributed by atoms with Gasteiger partial charge in [-0.3, -0.25) is 4.98 Å². The molecule has 0 unspecified atom stereocenters. The maximum Gasteiger partial charge on any atom is 0.252 e. The molecule has 0 bridgehead atoms. The van der Waals surface area contributed by atoms with Gasteiger partial charge in [0.1, 0.15) is 0 Å². The van der Waals surface area contributed by atoms with Crippen LogP contribution in [0.5, 0.6) is 0 Å². The predicted octanol–water partition coefficient (Wildman–Crippen LogP) is 3.84. The predicted molar refractivity (Wildman–Crippen MR) is 104 cm³/mol. The maximum atomic E-state index is 4.69. The number of aryl methyl sites for hydroxylation is 2. The summed E-state index contributed by atoms with van der Waals surface area (Å²) in [5.74, 6) is 1.45. The van der Waals surface area contributed by atoms with E-state index in [2.05, 4.69) is 55.5 Å². The highest BCUT2D eigenvalue weighted by atomic mass is 15.3. The molecular weight excluding hydrogens is 336 g/mol. The fourth-order valence-electron chi connectivity index (χ4n) is 3.46. The van der Waals surface area contributed by atoms with E-state index in [1.165, 1.54) is 16.5 Å². The zero-order valence-corrected chi connectivity index (χ0v) is 14.7. The van der Waals surface area contributed by atoms with Gasteiger partial charge in [0.15, 0.2) is 5.82 Å². The van der Waals surface area contributed by atoms with E-state index < -0.39 is 0 Å². The van der Waals surface area contributed by atoms with E-state index in [-0.39, 0.29) is 0 Å². The van der Waals surface area contributed by atoms with Crippen LogP contribution in [0, 0.1) is 0 Å². The zero-order chi connectivity index (χ0) is 18.1. The molecule has 132 valence electrons. The molecule has 0 fully saturated rings. The van der Waals surface area contributed by atoms with Crippen molar-refractivity contribution in [1.82, 2.24) is 29.5 Å². The highest BCUT2D eigenvalue weighted by Gasteiger charge is 2.10. The van der Waals surface area contributed by atoms with Crippen molar-refractivity contribution in [2.45, 2.75) is 19.3 Å². The van der Waals surface area contributed by atoms with Crippen LogP contribution in [0.1, 0.15) is 17.8 Å². The number of hydrogen-bond donors (Lipinski definition) is 1. The Hall–Kier alpha value is -3.54.